The molecule has 1 saturated heterocycles. The number of amides is 7. The van der Waals surface area contributed by atoms with Gasteiger partial charge in [-0.3, -0.25) is 38.5 Å². The molecule has 9 atom stereocenters. The Bertz CT molecular complexity index is 1990. The highest BCUT2D eigenvalue weighted by molar-refractivity contribution is 9.14. The van der Waals surface area contributed by atoms with Crippen LogP contribution in [-0.2, 0) is 54.3 Å². The van der Waals surface area contributed by atoms with Crippen LogP contribution in [0, 0.1) is 17.8 Å². The van der Waals surface area contributed by atoms with Crippen LogP contribution < -0.4 is 10.6 Å². The summed E-state index contributed by atoms with van der Waals surface area (Å²) in [6.45, 7) is 15.4. The maximum absolute atomic E-state index is 14.6. The van der Waals surface area contributed by atoms with E-state index in [4.69, 9.17) is 9.47 Å². The number of likely N-dealkylation sites (tertiary alicyclic amines) is 1. The third-order valence-electron chi connectivity index (χ3n) is 13.2. The third kappa shape index (κ3) is 14.8. The summed E-state index contributed by atoms with van der Waals surface area (Å²) >= 11 is 6.24. The van der Waals surface area contributed by atoms with Gasteiger partial charge in [0.15, 0.2) is 0 Å². The minimum absolute atomic E-state index is 0.0971. The van der Waals surface area contributed by atoms with E-state index in [2.05, 4.69) is 49.1 Å². The first-order valence-corrected chi connectivity index (χ1v) is 24.9. The number of likely N-dealkylation sites (N-methyl/N-ethyl adjacent to an activating group) is 2. The molecule has 0 radical (unpaired) electrons. The lowest BCUT2D eigenvalue weighted by atomic mass is 9.89. The number of imide groups is 1. The van der Waals surface area contributed by atoms with Crippen LogP contribution in [0.4, 0.5) is 0 Å². The standard InChI is InChI=1S/C49H72Br2N6O11/c1-12-30(6)42(35(67-10)27-37(59)56-25-19-22-34(56)43(68-11)31(7)44(60)52-33(49(65)66)26-32-20-15-13-16-21-32)55(9)48(64)40(28(2)3)53-45(61)41(29(4)5)54(8)36(58)23-17-14-18-24-57-46(62)38(50)39(51)47(57)63/h13,15-16,20-21,28,30-31,33-35,40-43H,4,12,14,17-19,22-27H2,1-3,5-11H3,(H,52,60)(H,53,61)(H,65,66)/t30-,31-,33+,34+,35-,40+,41+,42+,43-/m1/s1. The molecule has 378 valence electrons. The van der Waals surface area contributed by atoms with Gasteiger partial charge in [0.05, 0.1) is 36.6 Å². The Morgan fingerprint density at radius 1 is 0.897 bits per heavy atom. The van der Waals surface area contributed by atoms with E-state index in [9.17, 15) is 43.5 Å². The van der Waals surface area contributed by atoms with Crippen LogP contribution in [0.1, 0.15) is 98.5 Å². The highest BCUT2D eigenvalue weighted by Crippen LogP contribution is 2.31. The molecule has 0 bridgehead atoms. The van der Waals surface area contributed by atoms with Crippen molar-refractivity contribution < 1.29 is 52.9 Å². The molecule has 7 amide bonds. The molecule has 1 fully saturated rings. The van der Waals surface area contributed by atoms with Crippen molar-refractivity contribution in [1.29, 1.82) is 0 Å². The molecule has 19 heteroatoms. The lowest BCUT2D eigenvalue weighted by Crippen LogP contribution is -2.60. The van der Waals surface area contributed by atoms with Crippen molar-refractivity contribution in [3.8, 4) is 0 Å². The van der Waals surface area contributed by atoms with Crippen molar-refractivity contribution in [3.63, 3.8) is 0 Å². The van der Waals surface area contributed by atoms with Crippen molar-refractivity contribution >= 4 is 79.2 Å². The van der Waals surface area contributed by atoms with Gasteiger partial charge in [0.25, 0.3) is 11.8 Å². The van der Waals surface area contributed by atoms with Gasteiger partial charge in [0.1, 0.15) is 27.1 Å². The molecule has 2 aliphatic heterocycles. The third-order valence-corrected chi connectivity index (χ3v) is 15.2. The van der Waals surface area contributed by atoms with Crippen molar-refractivity contribution in [2.75, 3.05) is 41.4 Å². The summed E-state index contributed by atoms with van der Waals surface area (Å²) in [5.74, 6) is -5.41. The lowest BCUT2D eigenvalue weighted by Gasteiger charge is -2.41. The van der Waals surface area contributed by atoms with Gasteiger partial charge in [-0.2, -0.15) is 0 Å². The fraction of sp³-hybridized carbons (Fsp3) is 0.633. The van der Waals surface area contributed by atoms with Gasteiger partial charge in [-0.25, -0.2) is 4.79 Å². The molecular weight excluding hydrogens is 1010 g/mol. The Morgan fingerprint density at radius 2 is 1.51 bits per heavy atom. The average molecular weight is 1080 g/mol. The topological polar surface area (TPSA) is 212 Å². The summed E-state index contributed by atoms with van der Waals surface area (Å²) in [5, 5.41) is 15.5. The predicted octanol–water partition coefficient (Wildman–Crippen LogP) is 5.19. The van der Waals surface area contributed by atoms with Crippen molar-refractivity contribution in [2.24, 2.45) is 17.8 Å². The number of carbonyl (C=O) groups excluding carboxylic acids is 7. The number of rotatable bonds is 27. The smallest absolute Gasteiger partial charge is 0.326 e. The van der Waals surface area contributed by atoms with Crippen LogP contribution in [0.5, 0.6) is 0 Å². The number of nitrogens with one attached hydrogen (secondary N) is 2. The van der Waals surface area contributed by atoms with E-state index in [1.54, 1.807) is 68.8 Å². The number of hydrogen-bond donors (Lipinski definition) is 3. The van der Waals surface area contributed by atoms with Gasteiger partial charge in [0, 0.05) is 54.2 Å². The van der Waals surface area contributed by atoms with Gasteiger partial charge in [-0.05, 0) is 87.4 Å². The van der Waals surface area contributed by atoms with Crippen LogP contribution in [0.2, 0.25) is 0 Å². The predicted molar refractivity (Wildman–Crippen MR) is 264 cm³/mol. The van der Waals surface area contributed by atoms with E-state index >= 15 is 0 Å². The highest BCUT2D eigenvalue weighted by Gasteiger charge is 2.44. The monoisotopic (exact) mass is 1080 g/mol. The molecule has 68 heavy (non-hydrogen) atoms. The molecule has 0 unspecified atom stereocenters. The fourth-order valence-electron chi connectivity index (χ4n) is 9.12. The number of methoxy groups -OCH3 is 2. The first-order chi connectivity index (χ1) is 32.0. The number of carbonyl (C=O) groups is 8. The number of carboxylic acids is 1. The van der Waals surface area contributed by atoms with Gasteiger partial charge in [0.2, 0.25) is 29.5 Å². The Hall–Kier alpha value is -4.46. The molecule has 1 aromatic carbocycles. The van der Waals surface area contributed by atoms with Gasteiger partial charge < -0.3 is 39.9 Å². The minimum Gasteiger partial charge on any atom is -0.480 e. The van der Waals surface area contributed by atoms with E-state index < -0.39 is 83.8 Å². The molecule has 17 nitrogen and oxygen atoms in total. The molecule has 1 aromatic rings. The maximum atomic E-state index is 14.6. The summed E-state index contributed by atoms with van der Waals surface area (Å²) in [7, 11) is 6.10. The van der Waals surface area contributed by atoms with Crippen molar-refractivity contribution in [2.45, 2.75) is 142 Å². The van der Waals surface area contributed by atoms with E-state index in [1.165, 1.54) is 26.2 Å². The quantitative estimate of drug-likeness (QED) is 0.0593. The van der Waals surface area contributed by atoms with Gasteiger partial charge >= 0.3 is 5.97 Å². The van der Waals surface area contributed by atoms with Crippen LogP contribution in [0.25, 0.3) is 0 Å². The number of unbranched alkanes of at least 4 members (excludes halogenated alkanes) is 2. The van der Waals surface area contributed by atoms with E-state index in [0.717, 1.165) is 10.5 Å². The number of halogens is 2. The summed E-state index contributed by atoms with van der Waals surface area (Å²) in [6, 6.07) is 4.65. The van der Waals surface area contributed by atoms with Crippen molar-refractivity contribution in [3.05, 3.63) is 57.0 Å². The summed E-state index contributed by atoms with van der Waals surface area (Å²) in [5.41, 5.74) is 1.15. The average Bonchev–Trinajstić information content (AvgIpc) is 3.86. The molecule has 3 N–H and O–H groups in total. The van der Waals surface area contributed by atoms with E-state index in [0.29, 0.717) is 50.6 Å². The number of nitrogens with zero attached hydrogens (tertiary/aromatic N) is 4. The second-order valence-corrected chi connectivity index (χ2v) is 19.9. The van der Waals surface area contributed by atoms with Gasteiger partial charge in [-0.1, -0.05) is 84.4 Å². The van der Waals surface area contributed by atoms with Crippen LogP contribution in [0.15, 0.2) is 51.4 Å². The zero-order valence-corrected chi connectivity index (χ0v) is 44.4. The second kappa shape index (κ2) is 27.1. The fourth-order valence-corrected chi connectivity index (χ4v) is 9.89. The zero-order chi connectivity index (χ0) is 51.2. The SMILES string of the molecule is C=C(C)[C@@H](C(=O)N[C@H](C(=O)N(C)[C@@H]([C@H](C)CC)[C@@H](CC(=O)N1CCC[C@H]1[C@H](OC)[C@@H](C)C(=O)N[C@@H](Cc1ccccc1)C(=O)O)OC)C(C)C)N(C)C(=O)CCCCCN1C(=O)C(Br)=C(Br)C1=O. The van der Waals surface area contributed by atoms with E-state index in [1.807, 2.05) is 19.9 Å². The van der Waals surface area contributed by atoms with Crippen LogP contribution >= 0.6 is 31.9 Å². The largest absolute Gasteiger partial charge is 0.480 e. The van der Waals surface area contributed by atoms with Crippen LogP contribution in [-0.4, -0.2) is 156 Å². The molecule has 3 rings (SSSR count). The second-order valence-electron chi connectivity index (χ2n) is 18.4. The summed E-state index contributed by atoms with van der Waals surface area (Å²) in [4.78, 5) is 112. The maximum Gasteiger partial charge on any atom is 0.326 e. The molecular formula is C49H72Br2N6O11. The van der Waals surface area contributed by atoms with Crippen LogP contribution in [0.3, 0.4) is 0 Å². The number of ether oxygens (including phenoxy) is 2. The number of benzene rings is 1. The molecule has 0 aliphatic carbocycles. The summed E-state index contributed by atoms with van der Waals surface area (Å²) < 4.78 is 12.3. The van der Waals surface area contributed by atoms with Crippen molar-refractivity contribution in [1.82, 2.24) is 30.2 Å². The highest BCUT2D eigenvalue weighted by atomic mass is 79.9. The Morgan fingerprint density at radius 3 is 2.04 bits per heavy atom. The minimum atomic E-state index is -1.17. The lowest BCUT2D eigenvalue weighted by molar-refractivity contribution is -0.148. The Balaban J connectivity index is 1.71. The number of aliphatic carboxylic acids is 1. The van der Waals surface area contributed by atoms with Gasteiger partial charge in [-0.15, -0.1) is 0 Å². The Kier molecular flexibility index (Phi) is 23.0. The Labute approximate surface area is 418 Å². The first-order valence-electron chi connectivity index (χ1n) is 23.4. The summed E-state index contributed by atoms with van der Waals surface area (Å²) in [6.07, 6.45) is 1.92. The zero-order valence-electron chi connectivity index (χ0n) is 41.2. The molecule has 2 heterocycles. The number of carboxylic acid groups (broad SMARTS) is 1. The number of hydrogen-bond acceptors (Lipinski definition) is 10. The normalized spacial score (nSPS) is 18.6. The molecule has 2 aliphatic rings. The molecule has 0 spiro atoms. The molecule has 0 saturated carbocycles. The first kappa shape index (κ1) is 57.9. The molecule has 0 aromatic heterocycles. The van der Waals surface area contributed by atoms with E-state index in [-0.39, 0.29) is 58.4 Å².